The smallest absolute Gasteiger partial charge is 0.313 e. The number of carbonyl (C=O) groups excluding carboxylic acids is 2. The van der Waals surface area contributed by atoms with Gasteiger partial charge in [0.05, 0.1) is 13.5 Å². The van der Waals surface area contributed by atoms with Gasteiger partial charge in [0.15, 0.2) is 0 Å². The van der Waals surface area contributed by atoms with Crippen LogP contribution in [0, 0.1) is 5.92 Å². The summed E-state index contributed by atoms with van der Waals surface area (Å²) in [4.78, 5) is 22.8. The van der Waals surface area contributed by atoms with Gasteiger partial charge in [0.25, 0.3) is 0 Å². The molecule has 1 aromatic rings. The van der Waals surface area contributed by atoms with E-state index >= 15 is 0 Å². The van der Waals surface area contributed by atoms with Crippen LogP contribution in [0.2, 0.25) is 0 Å². The molecule has 4 nitrogen and oxygen atoms in total. The van der Waals surface area contributed by atoms with E-state index in [4.69, 9.17) is 9.47 Å². The second kappa shape index (κ2) is 5.67. The van der Waals surface area contributed by atoms with Gasteiger partial charge in [-0.3, -0.25) is 9.59 Å². The molecule has 4 heteroatoms. The summed E-state index contributed by atoms with van der Waals surface area (Å²) < 4.78 is 9.87. The lowest BCUT2D eigenvalue weighted by Crippen LogP contribution is -2.25. The van der Waals surface area contributed by atoms with Gasteiger partial charge in [-0.15, -0.1) is 0 Å². The highest BCUT2D eigenvalue weighted by Crippen LogP contribution is 2.26. The largest absolute Gasteiger partial charge is 0.469 e. The molecule has 0 N–H and O–H groups in total. The van der Waals surface area contributed by atoms with E-state index in [1.807, 2.05) is 30.3 Å². The summed E-state index contributed by atoms with van der Waals surface area (Å²) >= 11 is 0. The standard InChI is InChI=1S/C14H16O4/c1-17-14(16)11-9-13(15)18-12(11)8-7-10-5-3-2-4-6-10/h2-6,11-12H,7-9H2,1H3. The lowest BCUT2D eigenvalue weighted by Gasteiger charge is -2.15. The molecule has 1 aliphatic rings. The van der Waals surface area contributed by atoms with Crippen molar-refractivity contribution in [3.8, 4) is 0 Å². The van der Waals surface area contributed by atoms with E-state index in [1.165, 1.54) is 12.7 Å². The van der Waals surface area contributed by atoms with Crippen LogP contribution in [0.25, 0.3) is 0 Å². The van der Waals surface area contributed by atoms with Gasteiger partial charge in [0.1, 0.15) is 12.0 Å². The molecule has 0 amide bonds. The van der Waals surface area contributed by atoms with Gasteiger partial charge in [-0.2, -0.15) is 0 Å². The molecule has 0 saturated carbocycles. The fourth-order valence-electron chi connectivity index (χ4n) is 2.21. The number of hydrogen-bond acceptors (Lipinski definition) is 4. The van der Waals surface area contributed by atoms with Gasteiger partial charge in [-0.1, -0.05) is 30.3 Å². The van der Waals surface area contributed by atoms with E-state index in [0.717, 1.165) is 6.42 Å². The molecule has 96 valence electrons. The zero-order chi connectivity index (χ0) is 13.0. The first-order valence-corrected chi connectivity index (χ1v) is 6.02. The van der Waals surface area contributed by atoms with Crippen LogP contribution in [0.5, 0.6) is 0 Å². The molecule has 1 aliphatic heterocycles. The van der Waals surface area contributed by atoms with Crippen LogP contribution in [0.3, 0.4) is 0 Å². The first-order chi connectivity index (χ1) is 8.70. The van der Waals surface area contributed by atoms with Gasteiger partial charge in [-0.25, -0.2) is 0 Å². The molecule has 0 aliphatic carbocycles. The first kappa shape index (κ1) is 12.6. The predicted octanol–water partition coefficient (Wildman–Crippen LogP) is 1.72. The van der Waals surface area contributed by atoms with Gasteiger partial charge in [-0.05, 0) is 18.4 Å². The van der Waals surface area contributed by atoms with E-state index in [0.29, 0.717) is 6.42 Å². The lowest BCUT2D eigenvalue weighted by molar-refractivity contribution is -0.147. The van der Waals surface area contributed by atoms with Crippen molar-refractivity contribution < 1.29 is 19.1 Å². The maximum atomic E-state index is 11.5. The van der Waals surface area contributed by atoms with Crippen molar-refractivity contribution in [2.75, 3.05) is 7.11 Å². The molecule has 1 aromatic carbocycles. The van der Waals surface area contributed by atoms with Crippen molar-refractivity contribution >= 4 is 11.9 Å². The zero-order valence-corrected chi connectivity index (χ0v) is 10.3. The number of esters is 2. The monoisotopic (exact) mass is 248 g/mol. The molecule has 2 atom stereocenters. The second-order valence-corrected chi connectivity index (χ2v) is 4.39. The average Bonchev–Trinajstić information content (AvgIpc) is 2.78. The van der Waals surface area contributed by atoms with Crippen LogP contribution in [-0.2, 0) is 25.5 Å². The zero-order valence-electron chi connectivity index (χ0n) is 10.3. The Morgan fingerprint density at radius 1 is 1.39 bits per heavy atom. The summed E-state index contributed by atoms with van der Waals surface area (Å²) in [5.74, 6) is -1.13. The maximum absolute atomic E-state index is 11.5. The molecular formula is C14H16O4. The third-order valence-electron chi connectivity index (χ3n) is 3.18. The second-order valence-electron chi connectivity index (χ2n) is 4.39. The lowest BCUT2D eigenvalue weighted by atomic mass is 9.96. The summed E-state index contributed by atoms with van der Waals surface area (Å²) in [6, 6.07) is 9.92. The molecule has 0 bridgehead atoms. The highest BCUT2D eigenvalue weighted by molar-refractivity contribution is 5.83. The highest BCUT2D eigenvalue weighted by Gasteiger charge is 2.40. The van der Waals surface area contributed by atoms with Crippen molar-refractivity contribution in [3.63, 3.8) is 0 Å². The SMILES string of the molecule is COC(=O)C1CC(=O)OC1CCc1ccccc1. The third-order valence-corrected chi connectivity index (χ3v) is 3.18. The number of cyclic esters (lactones) is 1. The topological polar surface area (TPSA) is 52.6 Å². The van der Waals surface area contributed by atoms with Crippen molar-refractivity contribution in [2.24, 2.45) is 5.92 Å². The summed E-state index contributed by atoms with van der Waals surface area (Å²) in [6.45, 7) is 0. The average molecular weight is 248 g/mol. The molecule has 18 heavy (non-hydrogen) atoms. The van der Waals surface area contributed by atoms with E-state index in [2.05, 4.69) is 0 Å². The molecule has 2 unspecified atom stereocenters. The van der Waals surface area contributed by atoms with Gasteiger partial charge < -0.3 is 9.47 Å². The van der Waals surface area contributed by atoms with Crippen molar-refractivity contribution in [1.82, 2.24) is 0 Å². The summed E-state index contributed by atoms with van der Waals surface area (Å²) in [7, 11) is 1.33. The minimum Gasteiger partial charge on any atom is -0.469 e. The van der Waals surface area contributed by atoms with E-state index in [1.54, 1.807) is 0 Å². The minimum absolute atomic E-state index is 0.131. The van der Waals surface area contributed by atoms with E-state index < -0.39 is 5.92 Å². The summed E-state index contributed by atoms with van der Waals surface area (Å²) in [5.41, 5.74) is 1.17. The Morgan fingerprint density at radius 2 is 2.11 bits per heavy atom. The highest BCUT2D eigenvalue weighted by atomic mass is 16.6. The van der Waals surface area contributed by atoms with Crippen molar-refractivity contribution in [3.05, 3.63) is 35.9 Å². The Morgan fingerprint density at radius 3 is 2.78 bits per heavy atom. The van der Waals surface area contributed by atoms with Crippen LogP contribution >= 0.6 is 0 Å². The number of methoxy groups -OCH3 is 1. The quantitative estimate of drug-likeness (QED) is 0.761. The van der Waals surface area contributed by atoms with Gasteiger partial charge >= 0.3 is 11.9 Å². The molecule has 2 rings (SSSR count). The van der Waals surface area contributed by atoms with Crippen LogP contribution in [0.4, 0.5) is 0 Å². The molecule has 0 radical (unpaired) electrons. The van der Waals surface area contributed by atoms with E-state index in [9.17, 15) is 9.59 Å². The van der Waals surface area contributed by atoms with Crippen molar-refractivity contribution in [2.45, 2.75) is 25.4 Å². The molecule has 0 aromatic heterocycles. The number of carbonyl (C=O) groups is 2. The molecule has 0 spiro atoms. The molecule has 1 fully saturated rings. The van der Waals surface area contributed by atoms with Crippen LogP contribution in [-0.4, -0.2) is 25.2 Å². The van der Waals surface area contributed by atoms with Crippen LogP contribution < -0.4 is 0 Å². The molecule has 1 heterocycles. The fraction of sp³-hybridized carbons (Fsp3) is 0.429. The van der Waals surface area contributed by atoms with Crippen LogP contribution in [0.1, 0.15) is 18.4 Å². The summed E-state index contributed by atoms with van der Waals surface area (Å²) in [5, 5.41) is 0. The third kappa shape index (κ3) is 2.88. The Labute approximate surface area is 106 Å². The number of ether oxygens (including phenoxy) is 2. The van der Waals surface area contributed by atoms with Crippen LogP contribution in [0.15, 0.2) is 30.3 Å². The van der Waals surface area contributed by atoms with Gasteiger partial charge in [0.2, 0.25) is 0 Å². The normalized spacial score (nSPS) is 22.6. The first-order valence-electron chi connectivity index (χ1n) is 6.02. The maximum Gasteiger partial charge on any atom is 0.313 e. The van der Waals surface area contributed by atoms with Gasteiger partial charge in [0, 0.05) is 0 Å². The number of hydrogen-bond donors (Lipinski definition) is 0. The Kier molecular flexibility index (Phi) is 3.97. The minimum atomic E-state index is -0.453. The fourth-order valence-corrected chi connectivity index (χ4v) is 2.21. The molecular weight excluding hydrogens is 232 g/mol. The summed E-state index contributed by atoms with van der Waals surface area (Å²) in [6.07, 6.45) is 1.21. The number of rotatable bonds is 4. The number of aryl methyl sites for hydroxylation is 1. The predicted molar refractivity (Wildman–Crippen MR) is 64.8 cm³/mol. The Bertz CT molecular complexity index is 427. The molecule has 1 saturated heterocycles. The van der Waals surface area contributed by atoms with Crippen molar-refractivity contribution in [1.29, 1.82) is 0 Å². The Hall–Kier alpha value is -1.84. The van der Waals surface area contributed by atoms with E-state index in [-0.39, 0.29) is 24.5 Å². The Balaban J connectivity index is 1.95. The number of benzene rings is 1.